The van der Waals surface area contributed by atoms with Crippen molar-refractivity contribution in [2.24, 2.45) is 0 Å². The molecule has 0 saturated carbocycles. The fourth-order valence-corrected chi connectivity index (χ4v) is 1.94. The van der Waals surface area contributed by atoms with Crippen molar-refractivity contribution < 1.29 is 23.1 Å². The first kappa shape index (κ1) is 15.0. The van der Waals surface area contributed by atoms with Crippen molar-refractivity contribution >= 4 is 5.97 Å². The van der Waals surface area contributed by atoms with Crippen LogP contribution in [0.25, 0.3) is 11.1 Å². The second kappa shape index (κ2) is 5.16. The number of hydrogen-bond acceptors (Lipinski definition) is 3. The fourth-order valence-electron chi connectivity index (χ4n) is 1.94. The van der Waals surface area contributed by atoms with Gasteiger partial charge in [-0.3, -0.25) is 0 Å². The van der Waals surface area contributed by atoms with E-state index in [0.29, 0.717) is 11.1 Å². The largest absolute Gasteiger partial charge is 0.475 e. The molecule has 2 aromatic rings. The van der Waals surface area contributed by atoms with Crippen molar-refractivity contribution in [1.29, 1.82) is 0 Å². The second-order valence-electron chi connectivity index (χ2n) is 4.51. The van der Waals surface area contributed by atoms with Gasteiger partial charge in [-0.05, 0) is 30.5 Å². The molecule has 7 heteroatoms. The van der Waals surface area contributed by atoms with E-state index in [1.165, 1.54) is 6.07 Å². The van der Waals surface area contributed by atoms with Gasteiger partial charge in [0, 0.05) is 11.8 Å². The van der Waals surface area contributed by atoms with E-state index in [1.54, 1.807) is 26.0 Å². The second-order valence-corrected chi connectivity index (χ2v) is 4.51. The summed E-state index contributed by atoms with van der Waals surface area (Å²) in [6, 6.07) is 4.93. The lowest BCUT2D eigenvalue weighted by molar-refractivity contribution is -0.140. The van der Waals surface area contributed by atoms with Crippen LogP contribution >= 0.6 is 0 Å². The highest BCUT2D eigenvalue weighted by atomic mass is 19.4. The van der Waals surface area contributed by atoms with E-state index >= 15 is 0 Å². The van der Waals surface area contributed by atoms with E-state index in [2.05, 4.69) is 9.97 Å². The number of nitrogens with zero attached hydrogens (tertiary/aromatic N) is 2. The molecule has 1 aromatic heterocycles. The summed E-state index contributed by atoms with van der Waals surface area (Å²) in [5.41, 5.74) is 0.342. The van der Waals surface area contributed by atoms with Crippen LogP contribution in [0.4, 0.5) is 13.2 Å². The smallest absolute Gasteiger partial charge is 0.434 e. The normalized spacial score (nSPS) is 11.5. The summed E-state index contributed by atoms with van der Waals surface area (Å²) in [5.74, 6) is -2.48. The Bertz CT molecular complexity index is 712. The number of aryl methyl sites for hydroxylation is 1. The van der Waals surface area contributed by atoms with E-state index in [0.717, 1.165) is 11.8 Å². The van der Waals surface area contributed by atoms with Crippen LogP contribution in [0.1, 0.15) is 27.4 Å². The number of hydrogen-bond donors (Lipinski definition) is 1. The third-order valence-corrected chi connectivity index (χ3v) is 3.14. The summed E-state index contributed by atoms with van der Waals surface area (Å²) in [4.78, 5) is 17.4. The molecular weight excluding hydrogens is 285 g/mol. The predicted octanol–water partition coefficient (Wildman–Crippen LogP) is 3.48. The maximum absolute atomic E-state index is 13.1. The van der Waals surface area contributed by atoms with Gasteiger partial charge in [-0.2, -0.15) is 13.2 Å². The maximum atomic E-state index is 13.1. The summed E-state index contributed by atoms with van der Waals surface area (Å²) in [7, 11) is 0. The van der Waals surface area contributed by atoms with Gasteiger partial charge in [0.25, 0.3) is 0 Å². The molecule has 1 N–H and O–H groups in total. The first-order chi connectivity index (χ1) is 9.71. The third-order valence-electron chi connectivity index (χ3n) is 3.14. The quantitative estimate of drug-likeness (QED) is 0.921. The average molecular weight is 296 g/mol. The van der Waals surface area contributed by atoms with Gasteiger partial charge in [0.05, 0.1) is 0 Å². The first-order valence-electron chi connectivity index (χ1n) is 5.96. The van der Waals surface area contributed by atoms with Crippen molar-refractivity contribution in [2.75, 3.05) is 0 Å². The molecule has 0 amide bonds. The summed E-state index contributed by atoms with van der Waals surface area (Å²) in [6.45, 7) is 3.47. The number of aromatic carboxylic acids is 1. The first-order valence-corrected chi connectivity index (χ1v) is 5.96. The number of carboxylic acids is 1. The van der Waals surface area contributed by atoms with Crippen LogP contribution in [-0.4, -0.2) is 21.0 Å². The molecule has 0 bridgehead atoms. The molecule has 2 rings (SSSR count). The molecule has 0 saturated heterocycles. The number of benzene rings is 1. The Kier molecular flexibility index (Phi) is 3.67. The Morgan fingerprint density at radius 3 is 2.43 bits per heavy atom. The predicted molar refractivity (Wildman–Crippen MR) is 68.9 cm³/mol. The zero-order valence-corrected chi connectivity index (χ0v) is 11.2. The summed E-state index contributed by atoms with van der Waals surface area (Å²) in [6.07, 6.45) is -3.86. The van der Waals surface area contributed by atoms with E-state index in [1.807, 2.05) is 0 Å². The molecule has 1 aromatic carbocycles. The minimum atomic E-state index is -4.77. The summed E-state index contributed by atoms with van der Waals surface area (Å²) in [5, 5.41) is 8.74. The molecule has 0 aliphatic carbocycles. The van der Waals surface area contributed by atoms with Gasteiger partial charge in [-0.25, -0.2) is 14.8 Å². The monoisotopic (exact) mass is 296 g/mol. The van der Waals surface area contributed by atoms with Crippen LogP contribution in [0.2, 0.25) is 0 Å². The minimum Gasteiger partial charge on any atom is -0.475 e. The third kappa shape index (κ3) is 2.86. The molecule has 110 valence electrons. The molecule has 0 spiro atoms. The molecular formula is C14H11F3N2O2. The van der Waals surface area contributed by atoms with Gasteiger partial charge in [-0.15, -0.1) is 0 Å². The number of carboxylic acid groups (broad SMARTS) is 1. The van der Waals surface area contributed by atoms with E-state index in [4.69, 9.17) is 5.11 Å². The lowest BCUT2D eigenvalue weighted by Crippen LogP contribution is -2.15. The summed E-state index contributed by atoms with van der Waals surface area (Å²) >= 11 is 0. The number of aromatic nitrogens is 2. The van der Waals surface area contributed by atoms with Crippen molar-refractivity contribution in [3.63, 3.8) is 0 Å². The Labute approximate surface area is 118 Å². The molecule has 4 nitrogen and oxygen atoms in total. The molecule has 1 heterocycles. The molecule has 0 aliphatic rings. The molecule has 0 atom stereocenters. The van der Waals surface area contributed by atoms with Gasteiger partial charge in [0.2, 0.25) is 5.82 Å². The Morgan fingerprint density at radius 1 is 1.19 bits per heavy atom. The minimum absolute atomic E-state index is 0.228. The SMILES string of the molecule is Cc1cccc(-c2cnc(C(=O)O)nc2C(F)(F)F)c1C. The zero-order valence-electron chi connectivity index (χ0n) is 11.2. The molecule has 0 aliphatic heterocycles. The zero-order chi connectivity index (χ0) is 15.8. The van der Waals surface area contributed by atoms with Gasteiger partial charge in [0.15, 0.2) is 5.69 Å². The lowest BCUT2D eigenvalue weighted by atomic mass is 9.97. The van der Waals surface area contributed by atoms with Crippen molar-refractivity contribution in [2.45, 2.75) is 20.0 Å². The van der Waals surface area contributed by atoms with Crippen molar-refractivity contribution in [1.82, 2.24) is 9.97 Å². The molecule has 0 radical (unpaired) electrons. The highest BCUT2D eigenvalue weighted by Gasteiger charge is 2.37. The van der Waals surface area contributed by atoms with Crippen LogP contribution in [0.15, 0.2) is 24.4 Å². The number of alkyl halides is 3. The maximum Gasteiger partial charge on any atom is 0.434 e. The molecule has 0 unspecified atom stereocenters. The number of halogens is 3. The lowest BCUT2D eigenvalue weighted by Gasteiger charge is -2.14. The Hall–Kier alpha value is -2.44. The topological polar surface area (TPSA) is 63.1 Å². The average Bonchev–Trinajstić information content (AvgIpc) is 2.40. The van der Waals surface area contributed by atoms with Crippen molar-refractivity contribution in [3.8, 4) is 11.1 Å². The van der Waals surface area contributed by atoms with Crippen molar-refractivity contribution in [3.05, 3.63) is 47.0 Å². The van der Waals surface area contributed by atoms with Crippen LogP contribution in [0, 0.1) is 13.8 Å². The van der Waals surface area contributed by atoms with E-state index in [9.17, 15) is 18.0 Å². The van der Waals surface area contributed by atoms with Gasteiger partial charge < -0.3 is 5.11 Å². The summed E-state index contributed by atoms with van der Waals surface area (Å²) < 4.78 is 39.4. The van der Waals surface area contributed by atoms with E-state index in [-0.39, 0.29) is 5.56 Å². The fraction of sp³-hybridized carbons (Fsp3) is 0.214. The van der Waals surface area contributed by atoms with Crippen LogP contribution in [0.5, 0.6) is 0 Å². The number of rotatable bonds is 2. The van der Waals surface area contributed by atoms with Gasteiger partial charge >= 0.3 is 12.1 Å². The highest BCUT2D eigenvalue weighted by molar-refractivity contribution is 5.84. The molecule has 0 fully saturated rings. The van der Waals surface area contributed by atoms with Crippen LogP contribution in [0.3, 0.4) is 0 Å². The van der Waals surface area contributed by atoms with Crippen LogP contribution < -0.4 is 0 Å². The van der Waals surface area contributed by atoms with Crippen LogP contribution in [-0.2, 0) is 6.18 Å². The Balaban J connectivity index is 2.74. The van der Waals surface area contributed by atoms with E-state index < -0.39 is 23.7 Å². The van der Waals surface area contributed by atoms with Gasteiger partial charge in [-0.1, -0.05) is 18.2 Å². The Morgan fingerprint density at radius 2 is 1.86 bits per heavy atom. The number of carbonyl (C=O) groups is 1. The standard InChI is InChI=1S/C14H11F3N2O2/c1-7-4-3-5-9(8(7)2)10-6-18-12(13(20)21)19-11(10)14(15,16)17/h3-6H,1-2H3,(H,20,21). The van der Waals surface area contributed by atoms with Gasteiger partial charge in [0.1, 0.15) is 0 Å². The highest BCUT2D eigenvalue weighted by Crippen LogP contribution is 2.36. The molecule has 21 heavy (non-hydrogen) atoms.